The van der Waals surface area contributed by atoms with Crippen molar-refractivity contribution in [2.45, 2.75) is 25.3 Å². The average molecular weight is 470 g/mol. The van der Waals surface area contributed by atoms with Crippen molar-refractivity contribution in [3.05, 3.63) is 116 Å². The second-order valence-electron chi connectivity index (χ2n) is 8.74. The summed E-state index contributed by atoms with van der Waals surface area (Å²) in [5, 5.41) is 30.2. The fourth-order valence-corrected chi connectivity index (χ4v) is 4.85. The number of nitrogens with zero attached hydrogens (tertiary/aromatic N) is 3. The first-order valence-corrected chi connectivity index (χ1v) is 11.3. The molecule has 9 nitrogen and oxygen atoms in total. The number of fused-ring (bicyclic) bond motifs is 3. The molecule has 0 unspecified atom stereocenters. The molecule has 0 bridgehead atoms. The van der Waals surface area contributed by atoms with Crippen LogP contribution in [0.5, 0.6) is 0 Å². The maximum atomic E-state index is 11.3. The highest BCUT2D eigenvalue weighted by atomic mass is 16.6. The SMILES string of the molecule is C/C(=N\Nc1ccc([N+](=O)[O-])cc1)c1ccc2c(c1)[C@H]1C=CC[C@H]1[C@@H](c1cccc([N+](=O)[O-])c1)N2. The summed E-state index contributed by atoms with van der Waals surface area (Å²) in [7, 11) is 0. The lowest BCUT2D eigenvalue weighted by Gasteiger charge is -2.37. The molecule has 9 heteroatoms. The van der Waals surface area contributed by atoms with Crippen LogP contribution in [0.25, 0.3) is 0 Å². The highest BCUT2D eigenvalue weighted by Crippen LogP contribution is 2.50. The van der Waals surface area contributed by atoms with Gasteiger partial charge in [-0.05, 0) is 60.2 Å². The number of hydrogen-bond acceptors (Lipinski definition) is 7. The molecule has 0 saturated carbocycles. The van der Waals surface area contributed by atoms with Crippen LogP contribution in [0.4, 0.5) is 22.7 Å². The average Bonchev–Trinajstić information content (AvgIpc) is 3.37. The standard InChI is InChI=1S/C26H23N5O4/c1-16(28-29-19-9-11-20(12-10-19)30(32)33)17-8-13-25-24(15-17)22-6-3-7-23(22)26(27-25)18-4-2-5-21(14-18)31(34)35/h2-6,8-15,22-23,26-27,29H,7H2,1H3/b28-16+/t22-,23+,26+/m0/s1. The van der Waals surface area contributed by atoms with Crippen LogP contribution in [0.2, 0.25) is 0 Å². The fourth-order valence-electron chi connectivity index (χ4n) is 4.85. The zero-order valence-electron chi connectivity index (χ0n) is 18.9. The molecule has 0 spiro atoms. The quantitative estimate of drug-likeness (QED) is 0.193. The Morgan fingerprint density at radius 1 is 1.00 bits per heavy atom. The minimum Gasteiger partial charge on any atom is -0.378 e. The summed E-state index contributed by atoms with van der Waals surface area (Å²) in [6.07, 6.45) is 5.30. The van der Waals surface area contributed by atoms with Gasteiger partial charge in [0.15, 0.2) is 0 Å². The molecule has 0 amide bonds. The van der Waals surface area contributed by atoms with E-state index in [0.717, 1.165) is 28.9 Å². The van der Waals surface area contributed by atoms with Crippen LogP contribution in [-0.2, 0) is 0 Å². The van der Waals surface area contributed by atoms with Gasteiger partial charge in [0.05, 0.1) is 27.3 Å². The predicted octanol–water partition coefficient (Wildman–Crippen LogP) is 6.17. The summed E-state index contributed by atoms with van der Waals surface area (Å²) in [6, 6.07) is 19.1. The van der Waals surface area contributed by atoms with Crippen LogP contribution in [-0.4, -0.2) is 15.6 Å². The summed E-state index contributed by atoms with van der Waals surface area (Å²) in [5.41, 5.74) is 8.59. The molecule has 1 aliphatic heterocycles. The molecule has 2 aliphatic rings. The molecule has 0 aromatic heterocycles. The van der Waals surface area contributed by atoms with Gasteiger partial charge in [0, 0.05) is 35.9 Å². The van der Waals surface area contributed by atoms with Crippen molar-refractivity contribution in [2.75, 3.05) is 10.7 Å². The highest BCUT2D eigenvalue weighted by molar-refractivity contribution is 5.99. The number of hydrogen-bond donors (Lipinski definition) is 2. The molecule has 3 aromatic rings. The summed E-state index contributed by atoms with van der Waals surface area (Å²) < 4.78 is 0. The smallest absolute Gasteiger partial charge is 0.269 e. The van der Waals surface area contributed by atoms with Gasteiger partial charge in [-0.2, -0.15) is 5.10 Å². The van der Waals surface area contributed by atoms with E-state index in [1.54, 1.807) is 24.3 Å². The van der Waals surface area contributed by atoms with E-state index < -0.39 is 4.92 Å². The Morgan fingerprint density at radius 3 is 2.51 bits per heavy atom. The first kappa shape index (κ1) is 22.3. The van der Waals surface area contributed by atoms with E-state index in [0.29, 0.717) is 5.69 Å². The zero-order valence-corrected chi connectivity index (χ0v) is 18.9. The molecule has 2 N–H and O–H groups in total. The minimum atomic E-state index is -0.437. The van der Waals surface area contributed by atoms with E-state index in [4.69, 9.17) is 0 Å². The van der Waals surface area contributed by atoms with Crippen LogP contribution in [0.3, 0.4) is 0 Å². The Morgan fingerprint density at radius 2 is 1.77 bits per heavy atom. The molecular formula is C26H23N5O4. The Hall–Kier alpha value is -4.53. The lowest BCUT2D eigenvalue weighted by atomic mass is 9.76. The molecule has 5 rings (SSSR count). The second kappa shape index (κ2) is 9.02. The molecule has 1 heterocycles. The molecule has 176 valence electrons. The van der Waals surface area contributed by atoms with Crippen molar-refractivity contribution in [3.63, 3.8) is 0 Å². The van der Waals surface area contributed by atoms with E-state index >= 15 is 0 Å². The molecule has 35 heavy (non-hydrogen) atoms. The Balaban J connectivity index is 1.39. The summed E-state index contributed by atoms with van der Waals surface area (Å²) >= 11 is 0. The summed E-state index contributed by atoms with van der Waals surface area (Å²) in [6.45, 7) is 1.91. The Labute approximate surface area is 201 Å². The van der Waals surface area contributed by atoms with Crippen molar-refractivity contribution in [1.29, 1.82) is 0 Å². The normalized spacial score (nSPS) is 20.5. The summed E-state index contributed by atoms with van der Waals surface area (Å²) in [4.78, 5) is 21.3. The number of benzene rings is 3. The van der Waals surface area contributed by atoms with Gasteiger partial charge in [-0.1, -0.05) is 30.4 Å². The van der Waals surface area contributed by atoms with E-state index in [9.17, 15) is 20.2 Å². The van der Waals surface area contributed by atoms with Gasteiger partial charge in [0.25, 0.3) is 11.4 Å². The number of nitro groups is 2. The van der Waals surface area contributed by atoms with Crippen molar-refractivity contribution in [3.8, 4) is 0 Å². The zero-order chi connectivity index (χ0) is 24.5. The predicted molar refractivity (Wildman–Crippen MR) is 135 cm³/mol. The van der Waals surface area contributed by atoms with Crippen LogP contribution in [0.1, 0.15) is 42.0 Å². The van der Waals surface area contributed by atoms with Gasteiger partial charge in [0.2, 0.25) is 0 Å². The van der Waals surface area contributed by atoms with Crippen molar-refractivity contribution in [1.82, 2.24) is 0 Å². The molecule has 3 aromatic carbocycles. The van der Waals surface area contributed by atoms with Gasteiger partial charge >= 0.3 is 0 Å². The molecule has 0 fully saturated rings. The first-order valence-electron chi connectivity index (χ1n) is 11.3. The molecular weight excluding hydrogens is 446 g/mol. The molecule has 0 saturated heterocycles. The number of allylic oxidation sites excluding steroid dienone is 2. The van der Waals surface area contributed by atoms with Gasteiger partial charge in [-0.25, -0.2) is 0 Å². The van der Waals surface area contributed by atoms with E-state index in [1.165, 1.54) is 23.8 Å². The maximum absolute atomic E-state index is 11.3. The maximum Gasteiger partial charge on any atom is 0.269 e. The van der Waals surface area contributed by atoms with Gasteiger partial charge in [0.1, 0.15) is 0 Å². The van der Waals surface area contributed by atoms with E-state index in [2.05, 4.69) is 34.1 Å². The van der Waals surface area contributed by atoms with Crippen LogP contribution in [0.15, 0.2) is 84.0 Å². The molecule has 1 aliphatic carbocycles. The van der Waals surface area contributed by atoms with E-state index in [-0.39, 0.29) is 34.2 Å². The highest BCUT2D eigenvalue weighted by Gasteiger charge is 2.38. The number of nitro benzene ring substituents is 2. The van der Waals surface area contributed by atoms with Crippen LogP contribution >= 0.6 is 0 Å². The number of nitrogens with one attached hydrogen (secondary N) is 2. The van der Waals surface area contributed by atoms with Crippen molar-refractivity contribution < 1.29 is 9.85 Å². The van der Waals surface area contributed by atoms with E-state index in [1.807, 2.05) is 25.1 Å². The fraction of sp³-hybridized carbons (Fsp3) is 0.192. The number of anilines is 2. The van der Waals surface area contributed by atoms with Crippen molar-refractivity contribution >= 4 is 28.5 Å². The third-order valence-electron chi connectivity index (χ3n) is 6.65. The third-order valence-corrected chi connectivity index (χ3v) is 6.65. The largest absolute Gasteiger partial charge is 0.378 e. The monoisotopic (exact) mass is 469 g/mol. The lowest BCUT2D eigenvalue weighted by molar-refractivity contribution is -0.385. The second-order valence-corrected chi connectivity index (χ2v) is 8.74. The van der Waals surface area contributed by atoms with Crippen molar-refractivity contribution in [2.24, 2.45) is 11.0 Å². The van der Waals surface area contributed by atoms with Gasteiger partial charge < -0.3 is 5.32 Å². The molecule has 0 radical (unpaired) electrons. The Kier molecular flexibility index (Phi) is 5.74. The van der Waals surface area contributed by atoms with Crippen LogP contribution < -0.4 is 10.7 Å². The summed E-state index contributed by atoms with van der Waals surface area (Å²) in [5.74, 6) is 0.459. The first-order chi connectivity index (χ1) is 16.9. The Bertz CT molecular complexity index is 1370. The number of rotatable bonds is 6. The number of non-ortho nitro benzene ring substituents is 2. The van der Waals surface area contributed by atoms with Gasteiger partial charge in [-0.3, -0.25) is 25.7 Å². The number of hydrazone groups is 1. The van der Waals surface area contributed by atoms with Gasteiger partial charge in [-0.15, -0.1) is 0 Å². The lowest BCUT2D eigenvalue weighted by Crippen LogP contribution is -2.29. The minimum absolute atomic E-state index is 0.0215. The molecule has 3 atom stereocenters. The topological polar surface area (TPSA) is 123 Å². The third kappa shape index (κ3) is 4.35. The van der Waals surface area contributed by atoms with Crippen LogP contribution in [0, 0.1) is 26.1 Å².